The Bertz CT molecular complexity index is 252. The molecular formula is C8H22GeS3Si3. The Morgan fingerprint density at radius 3 is 1.20 bits per heavy atom. The molecule has 0 radical (unpaired) electrons. The van der Waals surface area contributed by atoms with Crippen LogP contribution in [-0.4, -0.2) is 31.5 Å². The second-order valence-corrected chi connectivity index (χ2v) is 63.4. The van der Waals surface area contributed by atoms with Gasteiger partial charge in [0.1, 0.15) is 0 Å². The molecule has 88 valence electrons. The molecule has 7 heteroatoms. The van der Waals surface area contributed by atoms with E-state index in [-0.39, 0.29) is 0 Å². The average molecular weight is 371 g/mol. The molecule has 0 aromatic heterocycles. The van der Waals surface area contributed by atoms with E-state index in [1.54, 1.807) is 0 Å². The molecule has 2 bridgehead atoms. The van der Waals surface area contributed by atoms with Gasteiger partial charge in [0.2, 0.25) is 0 Å². The first-order valence-electron chi connectivity index (χ1n) is 5.59. The first-order chi connectivity index (χ1) is 6.49. The molecule has 3 rings (SSSR count). The van der Waals surface area contributed by atoms with Crippen molar-refractivity contribution in [1.82, 2.24) is 0 Å². The summed E-state index contributed by atoms with van der Waals surface area (Å²) in [6, 6.07) is 0. The molecule has 0 saturated carbocycles. The van der Waals surface area contributed by atoms with Gasteiger partial charge in [-0.25, -0.2) is 0 Å². The summed E-state index contributed by atoms with van der Waals surface area (Å²) in [6.07, 6.45) is 0. The van der Waals surface area contributed by atoms with Gasteiger partial charge in [-0.15, -0.1) is 0 Å². The molecule has 0 N–H and O–H groups in total. The van der Waals surface area contributed by atoms with Crippen LogP contribution in [-0.2, 0) is 0 Å². The van der Waals surface area contributed by atoms with Crippen molar-refractivity contribution in [3.05, 3.63) is 0 Å². The van der Waals surface area contributed by atoms with Gasteiger partial charge < -0.3 is 0 Å². The van der Waals surface area contributed by atoms with Crippen LogP contribution >= 0.6 is 28.6 Å². The first kappa shape index (κ1) is 13.7. The summed E-state index contributed by atoms with van der Waals surface area (Å²) in [5.41, 5.74) is 0. The quantitative estimate of drug-likeness (QED) is 0.559. The van der Waals surface area contributed by atoms with Crippen LogP contribution in [0.5, 0.6) is 0 Å². The Kier molecular flexibility index (Phi) is 3.31. The number of hydrogen-bond donors (Lipinski definition) is 0. The third-order valence-electron chi connectivity index (χ3n) is 3.43. The molecule has 0 spiro atoms. The molecule has 3 heterocycles. The van der Waals surface area contributed by atoms with Gasteiger partial charge in [-0.2, -0.15) is 0 Å². The molecule has 0 unspecified atom stereocenters. The molecule has 3 saturated heterocycles. The zero-order chi connectivity index (χ0) is 11.7. The SMILES string of the molecule is C[Si]1(C)[S][Ge]2([CH3])[S][Si](C)(C)C1[Si](C)(C)[S]2. The maximum atomic E-state index is 2.70. The second-order valence-electron chi connectivity index (χ2n) is 6.41. The molecule has 0 aliphatic carbocycles. The fourth-order valence-corrected chi connectivity index (χ4v) is 219. The number of rotatable bonds is 0. The van der Waals surface area contributed by atoms with Crippen LogP contribution in [0.15, 0.2) is 0 Å². The summed E-state index contributed by atoms with van der Waals surface area (Å²) in [6.45, 7) is 16.1. The Balaban J connectivity index is 2.51. The topological polar surface area (TPSA) is 0 Å². The summed E-state index contributed by atoms with van der Waals surface area (Å²) >= 11 is 0. The van der Waals surface area contributed by atoms with E-state index >= 15 is 0 Å². The summed E-state index contributed by atoms with van der Waals surface area (Å²) in [5, 5.41) is 0. The van der Waals surface area contributed by atoms with E-state index in [0.717, 1.165) is 0 Å². The van der Waals surface area contributed by atoms with Gasteiger partial charge in [-0.05, 0) is 0 Å². The van der Waals surface area contributed by atoms with E-state index in [4.69, 9.17) is 0 Å². The van der Waals surface area contributed by atoms with Crippen LogP contribution in [0.1, 0.15) is 0 Å². The normalized spacial score (nSPS) is 45.4. The predicted octanol–water partition coefficient (Wildman–Crippen LogP) is 4.85. The van der Waals surface area contributed by atoms with E-state index in [0.29, 0.717) is 0 Å². The monoisotopic (exact) mass is 372 g/mol. The van der Waals surface area contributed by atoms with Crippen molar-refractivity contribution in [3.8, 4) is 0 Å². The van der Waals surface area contributed by atoms with Crippen LogP contribution in [0.4, 0.5) is 0 Å². The molecule has 0 atom stereocenters. The molecule has 0 nitrogen and oxygen atoms in total. The molecule has 3 aliphatic rings. The Labute approximate surface area is 109 Å². The van der Waals surface area contributed by atoms with Gasteiger partial charge in [0.15, 0.2) is 0 Å². The van der Waals surface area contributed by atoms with Gasteiger partial charge in [0, 0.05) is 0 Å². The van der Waals surface area contributed by atoms with Crippen molar-refractivity contribution in [3.63, 3.8) is 0 Å². The van der Waals surface area contributed by atoms with Gasteiger partial charge in [0.05, 0.1) is 0 Å². The standard InChI is InChI=1S/C8H22GeS3Si3/c1-9-10-13(2,3)8(14(4,5)11-9)15(6,7)12-9/h8H,1-7H3. The van der Waals surface area contributed by atoms with E-state index in [1.165, 1.54) is 4.79 Å². The van der Waals surface area contributed by atoms with Gasteiger partial charge in [0.25, 0.3) is 0 Å². The Morgan fingerprint density at radius 1 is 0.733 bits per heavy atom. The van der Waals surface area contributed by atoms with Gasteiger partial charge in [-0.1, -0.05) is 0 Å². The molecule has 3 aliphatic heterocycles. The van der Waals surface area contributed by atoms with Crippen molar-refractivity contribution >= 4 is 60.1 Å². The summed E-state index contributed by atoms with van der Waals surface area (Å²) in [5.74, 6) is 2.70. The third-order valence-corrected chi connectivity index (χ3v) is 111. The Hall–Kier alpha value is 2.24. The van der Waals surface area contributed by atoms with Crippen molar-refractivity contribution in [2.45, 2.75) is 49.8 Å². The van der Waals surface area contributed by atoms with Crippen molar-refractivity contribution < 1.29 is 0 Å². The van der Waals surface area contributed by atoms with Crippen LogP contribution in [0.2, 0.25) is 49.8 Å². The first-order valence-corrected chi connectivity index (χ1v) is 29.3. The zero-order valence-electron chi connectivity index (χ0n) is 10.8. The Morgan fingerprint density at radius 2 is 1.00 bits per heavy atom. The molecule has 0 amide bonds. The number of hydrogen-bond acceptors (Lipinski definition) is 3. The predicted molar refractivity (Wildman–Crippen MR) is 90.6 cm³/mol. The van der Waals surface area contributed by atoms with Crippen LogP contribution in [0, 0.1) is 0 Å². The summed E-state index contributed by atoms with van der Waals surface area (Å²) in [7, 11) is 3.35. The van der Waals surface area contributed by atoms with Crippen LogP contribution in [0.3, 0.4) is 0 Å². The van der Waals surface area contributed by atoms with E-state index in [2.05, 4.69) is 73.6 Å². The fraction of sp³-hybridized carbons (Fsp3) is 1.00. The third kappa shape index (κ3) is 2.25. The molecule has 0 aromatic carbocycles. The maximum absolute atomic E-state index is 2.70. The fourth-order valence-electron chi connectivity index (χ4n) is 4.18. The molecule has 0 aromatic rings. The minimum atomic E-state index is -1.55. The minimum absolute atomic E-state index is 0.932. The van der Waals surface area contributed by atoms with Crippen molar-refractivity contribution in [1.29, 1.82) is 0 Å². The van der Waals surface area contributed by atoms with E-state index in [1.807, 2.05) is 0 Å². The molecular weight excluding hydrogens is 349 g/mol. The van der Waals surface area contributed by atoms with E-state index < -0.39 is 31.5 Å². The van der Waals surface area contributed by atoms with Gasteiger partial charge >= 0.3 is 110 Å². The van der Waals surface area contributed by atoms with E-state index in [9.17, 15) is 0 Å². The second kappa shape index (κ2) is 3.63. The molecule has 15 heavy (non-hydrogen) atoms. The number of fused-ring (bicyclic) bond motifs is 3. The average Bonchev–Trinajstić information content (AvgIpc) is 1.67. The summed E-state index contributed by atoms with van der Waals surface area (Å²) in [4.78, 5) is 1.23. The summed E-state index contributed by atoms with van der Waals surface area (Å²) < 4.78 is 0. The van der Waals surface area contributed by atoms with Crippen LogP contribution < -0.4 is 0 Å². The van der Waals surface area contributed by atoms with Gasteiger partial charge in [-0.3, -0.25) is 0 Å². The van der Waals surface area contributed by atoms with Crippen molar-refractivity contribution in [2.75, 3.05) is 0 Å². The van der Waals surface area contributed by atoms with Crippen LogP contribution in [0.25, 0.3) is 0 Å². The zero-order valence-corrected chi connectivity index (χ0v) is 18.3. The molecule has 3 fully saturated rings. The van der Waals surface area contributed by atoms with Crippen molar-refractivity contribution in [2.24, 2.45) is 0 Å².